The lowest BCUT2D eigenvalue weighted by molar-refractivity contribution is 0.501. The van der Waals surface area contributed by atoms with Crippen LogP contribution in [0, 0.1) is 0 Å². The van der Waals surface area contributed by atoms with Gasteiger partial charge in [0.2, 0.25) is 5.96 Å². The zero-order valence-electron chi connectivity index (χ0n) is 6.87. The van der Waals surface area contributed by atoms with Crippen molar-refractivity contribution in [3.8, 4) is 0 Å². The first-order valence-corrected chi connectivity index (χ1v) is 3.56. The molecule has 0 spiro atoms. The minimum absolute atomic E-state index is 0.534. The van der Waals surface area contributed by atoms with Crippen LogP contribution in [0.25, 0.3) is 0 Å². The van der Waals surface area contributed by atoms with Crippen molar-refractivity contribution in [2.75, 3.05) is 7.05 Å². The number of nitrogens with two attached hydrogens (primary N) is 1. The van der Waals surface area contributed by atoms with Gasteiger partial charge in [-0.1, -0.05) is 0 Å². The van der Waals surface area contributed by atoms with E-state index >= 15 is 0 Å². The number of rotatable bonds is 2. The maximum absolute atomic E-state index is 5.15. The maximum atomic E-state index is 5.15. The highest BCUT2D eigenvalue weighted by molar-refractivity contribution is 5.78. The van der Waals surface area contributed by atoms with E-state index in [1.807, 2.05) is 12.1 Å². The summed E-state index contributed by atoms with van der Waals surface area (Å²) >= 11 is 0. The molecular weight excluding hydrogens is 156 g/mol. The van der Waals surface area contributed by atoms with Gasteiger partial charge in [-0.25, -0.2) is 5.84 Å². The molecule has 0 saturated heterocycles. The third kappa shape index (κ3) is 2.28. The smallest absolute Gasteiger partial charge is 0.205 e. The molecule has 0 aliphatic heterocycles. The summed E-state index contributed by atoms with van der Waals surface area (Å²) in [6.07, 6.45) is 1.62. The fourth-order valence-corrected chi connectivity index (χ4v) is 0.779. The van der Waals surface area contributed by atoms with Gasteiger partial charge in [-0.15, -0.1) is 0 Å². The van der Waals surface area contributed by atoms with E-state index in [9.17, 15) is 0 Å². The predicted octanol–water partition coefficient (Wildman–Crippen LogP) is -0.182. The lowest BCUT2D eigenvalue weighted by Gasteiger charge is -2.05. The summed E-state index contributed by atoms with van der Waals surface area (Å²) in [5, 5.41) is 2.94. The molecule has 1 rings (SSSR count). The van der Waals surface area contributed by atoms with Gasteiger partial charge >= 0.3 is 0 Å². The van der Waals surface area contributed by atoms with Crippen molar-refractivity contribution in [3.05, 3.63) is 24.2 Å². The topological polar surface area (TPSA) is 75.6 Å². The number of hydrazine groups is 1. The zero-order chi connectivity index (χ0) is 8.81. The molecule has 0 amide bonds. The van der Waals surface area contributed by atoms with Gasteiger partial charge in [0.1, 0.15) is 5.76 Å². The van der Waals surface area contributed by atoms with Crippen molar-refractivity contribution in [1.82, 2.24) is 10.7 Å². The van der Waals surface area contributed by atoms with Crippen LogP contribution < -0.4 is 16.6 Å². The summed E-state index contributed by atoms with van der Waals surface area (Å²) in [4.78, 5) is 3.83. The molecule has 0 aliphatic rings. The Hall–Kier alpha value is -1.49. The number of guanidine groups is 1. The summed E-state index contributed by atoms with van der Waals surface area (Å²) in [5.41, 5.74) is 2.41. The molecule has 0 saturated carbocycles. The predicted molar refractivity (Wildman–Crippen MR) is 46.2 cm³/mol. The molecule has 5 nitrogen and oxygen atoms in total. The average Bonchev–Trinajstić information content (AvgIpc) is 2.59. The quantitative estimate of drug-likeness (QED) is 0.248. The zero-order valence-corrected chi connectivity index (χ0v) is 6.87. The largest absolute Gasteiger partial charge is 0.467 e. The van der Waals surface area contributed by atoms with E-state index in [4.69, 9.17) is 10.3 Å². The molecule has 5 heteroatoms. The third-order valence-corrected chi connectivity index (χ3v) is 1.37. The van der Waals surface area contributed by atoms with Crippen molar-refractivity contribution in [1.29, 1.82) is 0 Å². The molecule has 0 radical (unpaired) electrons. The van der Waals surface area contributed by atoms with Gasteiger partial charge < -0.3 is 9.73 Å². The molecule has 0 aromatic carbocycles. The lowest BCUT2D eigenvalue weighted by atomic mass is 10.4. The molecule has 1 aromatic heterocycles. The first-order chi connectivity index (χ1) is 5.86. The molecule has 0 unspecified atom stereocenters. The van der Waals surface area contributed by atoms with Crippen LogP contribution in [0.5, 0.6) is 0 Å². The van der Waals surface area contributed by atoms with Gasteiger partial charge in [0.05, 0.1) is 12.8 Å². The third-order valence-electron chi connectivity index (χ3n) is 1.37. The van der Waals surface area contributed by atoms with Gasteiger partial charge in [-0.3, -0.25) is 10.4 Å². The summed E-state index contributed by atoms with van der Waals surface area (Å²) in [6.45, 7) is 0.573. The standard InChI is InChI=1S/C7H12N4O/c1-9-7(11-8)10-5-6-3-2-4-12-6/h2-4H,5,8H2,1H3,(H2,9,10,11). The van der Waals surface area contributed by atoms with Crippen LogP contribution in [0.1, 0.15) is 5.76 Å². The molecule has 0 fully saturated rings. The van der Waals surface area contributed by atoms with Crippen molar-refractivity contribution < 1.29 is 4.42 Å². The molecular formula is C7H12N4O. The monoisotopic (exact) mass is 168 g/mol. The minimum atomic E-state index is 0.534. The Morgan fingerprint density at radius 1 is 1.75 bits per heavy atom. The van der Waals surface area contributed by atoms with Crippen LogP contribution in [-0.2, 0) is 6.54 Å². The van der Waals surface area contributed by atoms with Gasteiger partial charge in [-0.2, -0.15) is 0 Å². The van der Waals surface area contributed by atoms with Crippen LogP contribution in [0.2, 0.25) is 0 Å². The van der Waals surface area contributed by atoms with Crippen LogP contribution in [0.4, 0.5) is 0 Å². The highest BCUT2D eigenvalue weighted by atomic mass is 16.3. The molecule has 0 atom stereocenters. The van der Waals surface area contributed by atoms with Gasteiger partial charge in [0, 0.05) is 7.05 Å². The van der Waals surface area contributed by atoms with E-state index in [1.54, 1.807) is 13.3 Å². The van der Waals surface area contributed by atoms with E-state index < -0.39 is 0 Å². The number of nitrogens with zero attached hydrogens (tertiary/aromatic N) is 1. The van der Waals surface area contributed by atoms with E-state index in [-0.39, 0.29) is 0 Å². The van der Waals surface area contributed by atoms with Gasteiger partial charge in [0.25, 0.3) is 0 Å². The van der Waals surface area contributed by atoms with Crippen LogP contribution >= 0.6 is 0 Å². The molecule has 4 N–H and O–H groups in total. The SMILES string of the molecule is CN=C(NN)NCc1ccco1. The van der Waals surface area contributed by atoms with Crippen LogP contribution in [0.3, 0.4) is 0 Å². The summed E-state index contributed by atoms with van der Waals surface area (Å²) in [7, 11) is 1.64. The summed E-state index contributed by atoms with van der Waals surface area (Å²) < 4.78 is 5.09. The second kappa shape index (κ2) is 4.40. The second-order valence-electron chi connectivity index (χ2n) is 2.15. The normalized spacial score (nSPS) is 11.3. The average molecular weight is 168 g/mol. The summed E-state index contributed by atoms with van der Waals surface area (Å²) in [5.74, 6) is 6.52. The van der Waals surface area contributed by atoms with Gasteiger partial charge in [-0.05, 0) is 12.1 Å². The molecule has 1 aromatic rings. The van der Waals surface area contributed by atoms with E-state index in [0.29, 0.717) is 12.5 Å². The Bertz CT molecular complexity index is 242. The number of hydrogen-bond acceptors (Lipinski definition) is 3. The Kier molecular flexibility index (Phi) is 3.16. The summed E-state index contributed by atoms with van der Waals surface area (Å²) in [6, 6.07) is 3.70. The number of aliphatic imine (C=N–C) groups is 1. The van der Waals surface area contributed by atoms with Crippen molar-refractivity contribution in [2.24, 2.45) is 10.8 Å². The molecule has 0 bridgehead atoms. The molecule has 12 heavy (non-hydrogen) atoms. The Balaban J connectivity index is 2.35. The highest BCUT2D eigenvalue weighted by Gasteiger charge is 1.96. The maximum Gasteiger partial charge on any atom is 0.205 e. The van der Waals surface area contributed by atoms with E-state index in [0.717, 1.165) is 5.76 Å². The van der Waals surface area contributed by atoms with E-state index in [2.05, 4.69) is 15.7 Å². The van der Waals surface area contributed by atoms with Gasteiger partial charge in [0.15, 0.2) is 0 Å². The number of nitrogens with one attached hydrogen (secondary N) is 2. The first-order valence-electron chi connectivity index (χ1n) is 3.56. The number of hydrogen-bond donors (Lipinski definition) is 3. The van der Waals surface area contributed by atoms with E-state index in [1.165, 1.54) is 0 Å². The Morgan fingerprint density at radius 3 is 3.08 bits per heavy atom. The Morgan fingerprint density at radius 2 is 2.58 bits per heavy atom. The first kappa shape index (κ1) is 8.61. The van der Waals surface area contributed by atoms with Crippen molar-refractivity contribution in [3.63, 3.8) is 0 Å². The fourth-order valence-electron chi connectivity index (χ4n) is 0.779. The van der Waals surface area contributed by atoms with Crippen LogP contribution in [0.15, 0.2) is 27.8 Å². The fraction of sp³-hybridized carbons (Fsp3) is 0.286. The molecule has 66 valence electrons. The highest BCUT2D eigenvalue weighted by Crippen LogP contribution is 1.97. The van der Waals surface area contributed by atoms with Crippen molar-refractivity contribution >= 4 is 5.96 Å². The molecule has 0 aliphatic carbocycles. The lowest BCUT2D eigenvalue weighted by Crippen LogP contribution is -2.40. The molecule has 1 heterocycles. The van der Waals surface area contributed by atoms with Crippen molar-refractivity contribution in [2.45, 2.75) is 6.54 Å². The van der Waals surface area contributed by atoms with Crippen LogP contribution in [-0.4, -0.2) is 13.0 Å². The second-order valence-corrected chi connectivity index (χ2v) is 2.15. The number of furan rings is 1. The minimum Gasteiger partial charge on any atom is -0.467 e. The Labute approximate surface area is 70.6 Å².